The van der Waals surface area contributed by atoms with Gasteiger partial charge in [-0.2, -0.15) is 0 Å². The van der Waals surface area contributed by atoms with Crippen molar-refractivity contribution in [1.82, 2.24) is 10.2 Å². The van der Waals surface area contributed by atoms with Crippen LogP contribution in [0.2, 0.25) is 0 Å². The molecule has 2 aromatic rings. The molecule has 25 heavy (non-hydrogen) atoms. The molecule has 5 heteroatoms. The van der Waals surface area contributed by atoms with Crippen LogP contribution in [0.5, 0.6) is 5.75 Å². The molecule has 0 spiro atoms. The number of benzene rings is 2. The van der Waals surface area contributed by atoms with E-state index >= 15 is 0 Å². The third-order valence-corrected chi connectivity index (χ3v) is 3.94. The van der Waals surface area contributed by atoms with Gasteiger partial charge >= 0.3 is 0 Å². The second-order valence-corrected chi connectivity index (χ2v) is 5.91. The van der Waals surface area contributed by atoms with Crippen molar-refractivity contribution in [3.8, 4) is 5.75 Å². The lowest BCUT2D eigenvalue weighted by Gasteiger charge is -2.21. The van der Waals surface area contributed by atoms with Gasteiger partial charge in [0.1, 0.15) is 5.75 Å². The molecule has 0 fully saturated rings. The van der Waals surface area contributed by atoms with Gasteiger partial charge < -0.3 is 15.0 Å². The third-order valence-electron chi connectivity index (χ3n) is 3.94. The molecule has 0 unspecified atom stereocenters. The Hall–Kier alpha value is -2.82. The van der Waals surface area contributed by atoms with Crippen LogP contribution in [0.3, 0.4) is 0 Å². The Morgan fingerprint density at radius 3 is 2.48 bits per heavy atom. The van der Waals surface area contributed by atoms with Gasteiger partial charge in [0.25, 0.3) is 5.91 Å². The largest absolute Gasteiger partial charge is 0.497 e. The number of nitrogens with zero attached hydrogens (tertiary/aromatic N) is 1. The van der Waals surface area contributed by atoms with E-state index in [0.29, 0.717) is 30.9 Å². The third kappa shape index (κ3) is 5.64. The number of rotatable bonds is 7. The molecule has 0 aliphatic carbocycles. The quantitative estimate of drug-likeness (QED) is 0.843. The molecular formula is C20H24N2O3. The van der Waals surface area contributed by atoms with Gasteiger partial charge in [0, 0.05) is 32.1 Å². The number of methoxy groups -OCH3 is 1. The summed E-state index contributed by atoms with van der Waals surface area (Å²) in [5.41, 5.74) is 2.79. The Kier molecular flexibility index (Phi) is 6.57. The number of hydrogen-bond donors (Lipinski definition) is 1. The summed E-state index contributed by atoms with van der Waals surface area (Å²) in [6.45, 7) is 4.95. The number of amides is 2. The maximum Gasteiger partial charge on any atom is 0.251 e. The normalized spacial score (nSPS) is 10.2. The highest BCUT2D eigenvalue weighted by molar-refractivity contribution is 5.94. The molecule has 0 heterocycles. The van der Waals surface area contributed by atoms with Gasteiger partial charge in [0.15, 0.2) is 0 Å². The Morgan fingerprint density at radius 2 is 1.84 bits per heavy atom. The number of ether oxygens (including phenoxy) is 1. The summed E-state index contributed by atoms with van der Waals surface area (Å²) < 4.78 is 5.12. The average Bonchev–Trinajstić information content (AvgIpc) is 2.62. The maximum atomic E-state index is 12.2. The van der Waals surface area contributed by atoms with E-state index in [9.17, 15) is 9.59 Å². The molecule has 2 aromatic carbocycles. The Labute approximate surface area is 148 Å². The van der Waals surface area contributed by atoms with Crippen LogP contribution in [0, 0.1) is 6.92 Å². The Bertz CT molecular complexity index is 726. The van der Waals surface area contributed by atoms with Crippen LogP contribution in [-0.2, 0) is 11.3 Å². The highest BCUT2D eigenvalue weighted by Crippen LogP contribution is 2.12. The van der Waals surface area contributed by atoms with Crippen molar-refractivity contribution >= 4 is 11.8 Å². The maximum absolute atomic E-state index is 12.2. The second kappa shape index (κ2) is 8.87. The molecular weight excluding hydrogens is 316 g/mol. The predicted molar refractivity (Wildman–Crippen MR) is 97.6 cm³/mol. The zero-order chi connectivity index (χ0) is 18.2. The molecule has 0 aliphatic rings. The molecule has 2 amide bonds. The van der Waals surface area contributed by atoms with Crippen LogP contribution < -0.4 is 10.1 Å². The predicted octanol–water partition coefficient (Wildman–Crippen LogP) is 2.78. The minimum Gasteiger partial charge on any atom is -0.497 e. The van der Waals surface area contributed by atoms with Crippen molar-refractivity contribution < 1.29 is 14.3 Å². The van der Waals surface area contributed by atoms with Crippen molar-refractivity contribution in [2.24, 2.45) is 0 Å². The van der Waals surface area contributed by atoms with Crippen LogP contribution in [0.4, 0.5) is 0 Å². The highest BCUT2D eigenvalue weighted by atomic mass is 16.5. The van der Waals surface area contributed by atoms with Crippen LogP contribution in [0.15, 0.2) is 48.5 Å². The fourth-order valence-corrected chi connectivity index (χ4v) is 2.43. The summed E-state index contributed by atoms with van der Waals surface area (Å²) in [6, 6.07) is 15.1. The topological polar surface area (TPSA) is 58.6 Å². The van der Waals surface area contributed by atoms with Crippen LogP contribution in [-0.4, -0.2) is 36.9 Å². The lowest BCUT2D eigenvalue weighted by Crippen LogP contribution is -2.37. The van der Waals surface area contributed by atoms with E-state index in [2.05, 4.69) is 5.32 Å². The number of carbonyl (C=O) groups is 2. The minimum absolute atomic E-state index is 0.0174. The van der Waals surface area contributed by atoms with E-state index in [4.69, 9.17) is 4.74 Å². The Balaban J connectivity index is 1.89. The molecule has 132 valence electrons. The number of hydrogen-bond acceptors (Lipinski definition) is 3. The first-order valence-corrected chi connectivity index (χ1v) is 8.23. The van der Waals surface area contributed by atoms with Gasteiger partial charge in [0.2, 0.25) is 5.91 Å². The average molecular weight is 340 g/mol. The standard InChI is InChI=1S/C20H24N2O3/c1-15-7-9-17(10-8-15)14-22(16(2)23)12-11-21-20(24)18-5-4-6-19(13-18)25-3/h4-10,13H,11-12,14H2,1-3H3,(H,21,24). The van der Waals surface area contributed by atoms with Gasteiger partial charge in [-0.3, -0.25) is 9.59 Å². The van der Waals surface area contributed by atoms with E-state index < -0.39 is 0 Å². The molecule has 0 atom stereocenters. The summed E-state index contributed by atoms with van der Waals surface area (Å²) in [7, 11) is 1.56. The van der Waals surface area contributed by atoms with Gasteiger partial charge in [-0.15, -0.1) is 0 Å². The van der Waals surface area contributed by atoms with Crippen molar-refractivity contribution in [3.63, 3.8) is 0 Å². The first-order chi connectivity index (χ1) is 12.0. The summed E-state index contributed by atoms with van der Waals surface area (Å²) in [5.74, 6) is 0.436. The van der Waals surface area contributed by atoms with Crippen molar-refractivity contribution in [2.75, 3.05) is 20.2 Å². The molecule has 0 aromatic heterocycles. The molecule has 2 rings (SSSR count). The van der Waals surface area contributed by atoms with Crippen molar-refractivity contribution in [2.45, 2.75) is 20.4 Å². The lowest BCUT2D eigenvalue weighted by molar-refractivity contribution is -0.129. The van der Waals surface area contributed by atoms with E-state index in [1.165, 1.54) is 12.5 Å². The minimum atomic E-state index is -0.183. The molecule has 0 radical (unpaired) electrons. The molecule has 0 aliphatic heterocycles. The zero-order valence-electron chi connectivity index (χ0n) is 14.9. The van der Waals surface area contributed by atoms with Gasteiger partial charge in [-0.1, -0.05) is 35.9 Å². The molecule has 0 saturated heterocycles. The number of aryl methyl sites for hydroxylation is 1. The fraction of sp³-hybridized carbons (Fsp3) is 0.300. The molecule has 1 N–H and O–H groups in total. The van der Waals surface area contributed by atoms with Gasteiger partial charge in [-0.25, -0.2) is 0 Å². The van der Waals surface area contributed by atoms with Crippen molar-refractivity contribution in [3.05, 3.63) is 65.2 Å². The zero-order valence-corrected chi connectivity index (χ0v) is 14.9. The second-order valence-electron chi connectivity index (χ2n) is 5.91. The summed E-state index contributed by atoms with van der Waals surface area (Å²) in [6.07, 6.45) is 0. The fourth-order valence-electron chi connectivity index (χ4n) is 2.43. The molecule has 5 nitrogen and oxygen atoms in total. The van der Waals surface area contributed by atoms with Crippen molar-refractivity contribution in [1.29, 1.82) is 0 Å². The molecule has 0 bridgehead atoms. The monoisotopic (exact) mass is 340 g/mol. The summed E-state index contributed by atoms with van der Waals surface area (Å²) in [5, 5.41) is 2.84. The number of carbonyl (C=O) groups excluding carboxylic acids is 2. The molecule has 0 saturated carbocycles. The highest BCUT2D eigenvalue weighted by Gasteiger charge is 2.11. The van der Waals surface area contributed by atoms with Crippen LogP contribution >= 0.6 is 0 Å². The van der Waals surface area contributed by atoms with E-state index in [1.54, 1.807) is 36.3 Å². The summed E-state index contributed by atoms with van der Waals surface area (Å²) >= 11 is 0. The van der Waals surface area contributed by atoms with E-state index in [-0.39, 0.29) is 11.8 Å². The first-order valence-electron chi connectivity index (χ1n) is 8.23. The SMILES string of the molecule is COc1cccc(C(=O)NCCN(Cc2ccc(C)cc2)C(C)=O)c1. The van der Waals surface area contributed by atoms with Gasteiger partial charge in [0.05, 0.1) is 7.11 Å². The first kappa shape index (κ1) is 18.5. The van der Waals surface area contributed by atoms with E-state index in [1.807, 2.05) is 31.2 Å². The van der Waals surface area contributed by atoms with Crippen LogP contribution in [0.1, 0.15) is 28.4 Å². The smallest absolute Gasteiger partial charge is 0.251 e. The van der Waals surface area contributed by atoms with E-state index in [0.717, 1.165) is 5.56 Å². The lowest BCUT2D eigenvalue weighted by atomic mass is 10.1. The van der Waals surface area contributed by atoms with Gasteiger partial charge in [-0.05, 0) is 30.7 Å². The Morgan fingerprint density at radius 1 is 1.12 bits per heavy atom. The summed E-state index contributed by atoms with van der Waals surface area (Å²) in [4.78, 5) is 25.7. The number of nitrogens with one attached hydrogen (secondary N) is 1. The van der Waals surface area contributed by atoms with Crippen LogP contribution in [0.25, 0.3) is 0 Å².